The Morgan fingerprint density at radius 3 is 2.51 bits per heavy atom. The molecule has 2 aromatic heterocycles. The van der Waals surface area contributed by atoms with Gasteiger partial charge in [0.05, 0.1) is 22.3 Å². The summed E-state index contributed by atoms with van der Waals surface area (Å²) in [6, 6.07) is 14.6. The van der Waals surface area contributed by atoms with Crippen LogP contribution >= 0.6 is 11.8 Å². The second-order valence-electron chi connectivity index (χ2n) is 8.07. The fourth-order valence-electron chi connectivity index (χ4n) is 4.07. The third-order valence-electron chi connectivity index (χ3n) is 5.72. The summed E-state index contributed by atoms with van der Waals surface area (Å²) in [5.74, 6) is 0.0192. The molecule has 4 rings (SSSR count). The molecule has 0 spiro atoms. The molecule has 35 heavy (non-hydrogen) atoms. The predicted octanol–water partition coefficient (Wildman–Crippen LogP) is 5.79. The number of ketones is 1. The van der Waals surface area contributed by atoms with Gasteiger partial charge in [0.1, 0.15) is 5.75 Å². The molecule has 0 radical (unpaired) electrons. The zero-order chi connectivity index (χ0) is 25.1. The van der Waals surface area contributed by atoms with Crippen molar-refractivity contribution in [3.05, 3.63) is 81.9 Å². The van der Waals surface area contributed by atoms with Gasteiger partial charge in [-0.3, -0.25) is 14.2 Å². The van der Waals surface area contributed by atoms with Gasteiger partial charge in [-0.2, -0.15) is 8.78 Å². The van der Waals surface area contributed by atoms with Gasteiger partial charge in [-0.1, -0.05) is 30.8 Å². The minimum atomic E-state index is -2.94. The molecule has 0 aliphatic carbocycles. The second kappa shape index (κ2) is 10.4. The average molecular weight is 498 g/mol. The van der Waals surface area contributed by atoms with Crippen LogP contribution in [0.15, 0.2) is 64.5 Å². The molecular weight excluding hydrogens is 472 g/mol. The Hall–Kier alpha value is -3.46. The van der Waals surface area contributed by atoms with E-state index in [9.17, 15) is 18.4 Å². The number of para-hydroxylation sites is 1. The maximum absolute atomic E-state index is 13.4. The number of ether oxygens (including phenoxy) is 1. The number of thioether (sulfide) groups is 1. The first-order valence-corrected chi connectivity index (χ1v) is 12.2. The lowest BCUT2D eigenvalue weighted by Crippen LogP contribution is -2.22. The Balaban J connectivity index is 1.70. The number of rotatable bonds is 9. The average Bonchev–Trinajstić information content (AvgIpc) is 3.12. The van der Waals surface area contributed by atoms with Gasteiger partial charge in [0, 0.05) is 23.5 Å². The molecule has 9 heteroatoms. The molecule has 0 bridgehead atoms. The standard InChI is InChI=1S/C26H25F2N3O3S/c1-4-13-30-16(2)14-21(17(30)3)23(32)15-35-26-29-22-8-6-5-7-20(22)24(33)31(26)18-9-11-19(12-10-18)34-25(27)28/h5-12,14,25H,4,13,15H2,1-3H3. The molecule has 6 nitrogen and oxygen atoms in total. The van der Waals surface area contributed by atoms with Gasteiger partial charge >= 0.3 is 6.61 Å². The van der Waals surface area contributed by atoms with Crippen molar-refractivity contribution in [1.29, 1.82) is 0 Å². The minimum absolute atomic E-state index is 0.0163. The second-order valence-corrected chi connectivity index (χ2v) is 9.02. The number of carbonyl (C=O) groups is 1. The molecule has 0 atom stereocenters. The highest BCUT2D eigenvalue weighted by Gasteiger charge is 2.19. The highest BCUT2D eigenvalue weighted by molar-refractivity contribution is 7.99. The van der Waals surface area contributed by atoms with Gasteiger partial charge in [0.2, 0.25) is 0 Å². The van der Waals surface area contributed by atoms with Gasteiger partial charge in [0.25, 0.3) is 5.56 Å². The van der Waals surface area contributed by atoms with E-state index in [1.165, 1.54) is 40.6 Å². The summed E-state index contributed by atoms with van der Waals surface area (Å²) in [7, 11) is 0. The highest BCUT2D eigenvalue weighted by Crippen LogP contribution is 2.25. The van der Waals surface area contributed by atoms with Crippen LogP contribution in [0.1, 0.15) is 35.1 Å². The molecule has 2 aromatic carbocycles. The van der Waals surface area contributed by atoms with Crippen LogP contribution in [0.2, 0.25) is 0 Å². The van der Waals surface area contributed by atoms with Crippen LogP contribution in [0.5, 0.6) is 5.75 Å². The number of aryl methyl sites for hydroxylation is 1. The van der Waals surface area contributed by atoms with Gasteiger partial charge in [0.15, 0.2) is 10.9 Å². The third kappa shape index (κ3) is 5.14. The molecular formula is C26H25F2N3O3S. The fraction of sp³-hybridized carbons (Fsp3) is 0.269. The van der Waals surface area contributed by atoms with Crippen molar-refractivity contribution >= 4 is 28.4 Å². The van der Waals surface area contributed by atoms with Gasteiger partial charge < -0.3 is 9.30 Å². The molecule has 182 valence electrons. The summed E-state index contributed by atoms with van der Waals surface area (Å²) in [6.07, 6.45) is 0.965. The van der Waals surface area contributed by atoms with Crippen molar-refractivity contribution in [2.24, 2.45) is 0 Å². The number of hydrogen-bond donors (Lipinski definition) is 0. The van der Waals surface area contributed by atoms with Gasteiger partial charge in [-0.05, 0) is 62.7 Å². The van der Waals surface area contributed by atoms with E-state index in [-0.39, 0.29) is 22.8 Å². The number of nitrogens with zero attached hydrogens (tertiary/aromatic N) is 3. The summed E-state index contributed by atoms with van der Waals surface area (Å²) >= 11 is 1.17. The first-order chi connectivity index (χ1) is 16.8. The number of alkyl halides is 2. The lowest BCUT2D eigenvalue weighted by Gasteiger charge is -2.14. The molecule has 2 heterocycles. The van der Waals surface area contributed by atoms with E-state index in [1.807, 2.05) is 19.9 Å². The Morgan fingerprint density at radius 1 is 1.11 bits per heavy atom. The van der Waals surface area contributed by atoms with Gasteiger partial charge in [-0.15, -0.1) is 0 Å². The number of fused-ring (bicyclic) bond motifs is 1. The highest BCUT2D eigenvalue weighted by atomic mass is 32.2. The maximum Gasteiger partial charge on any atom is 0.387 e. The summed E-state index contributed by atoms with van der Waals surface area (Å²) in [6.45, 7) is 3.91. The van der Waals surface area contributed by atoms with Crippen LogP contribution in [0.4, 0.5) is 8.78 Å². The zero-order valence-electron chi connectivity index (χ0n) is 19.6. The Labute approximate surface area is 205 Å². The quantitative estimate of drug-likeness (QED) is 0.166. The molecule has 0 aliphatic rings. The molecule has 0 N–H and O–H groups in total. The van der Waals surface area contributed by atoms with Crippen LogP contribution in [0.25, 0.3) is 16.6 Å². The SMILES string of the molecule is CCCn1c(C)cc(C(=O)CSc2nc3ccccc3c(=O)n2-c2ccc(OC(F)F)cc2)c1C. The Kier molecular flexibility index (Phi) is 7.35. The first-order valence-electron chi connectivity index (χ1n) is 11.2. The van der Waals surface area contributed by atoms with E-state index in [1.54, 1.807) is 24.3 Å². The minimum Gasteiger partial charge on any atom is -0.435 e. The van der Waals surface area contributed by atoms with Crippen LogP contribution in [-0.2, 0) is 6.54 Å². The Bertz CT molecular complexity index is 1430. The largest absolute Gasteiger partial charge is 0.435 e. The topological polar surface area (TPSA) is 66.1 Å². The van der Waals surface area contributed by atoms with Crippen LogP contribution in [-0.4, -0.2) is 32.3 Å². The van der Waals surface area contributed by atoms with Crippen LogP contribution in [0, 0.1) is 13.8 Å². The number of carbonyl (C=O) groups excluding carboxylic acids is 1. The number of aromatic nitrogens is 3. The van der Waals surface area contributed by atoms with E-state index in [0.29, 0.717) is 27.3 Å². The normalized spacial score (nSPS) is 11.4. The van der Waals surface area contributed by atoms with Crippen LogP contribution < -0.4 is 10.3 Å². The van der Waals surface area contributed by atoms with E-state index < -0.39 is 6.61 Å². The van der Waals surface area contributed by atoms with E-state index in [0.717, 1.165) is 24.4 Å². The molecule has 4 aromatic rings. The van der Waals surface area contributed by atoms with Gasteiger partial charge in [-0.25, -0.2) is 4.98 Å². The lowest BCUT2D eigenvalue weighted by molar-refractivity contribution is -0.0498. The fourth-order valence-corrected chi connectivity index (χ4v) is 4.97. The monoisotopic (exact) mass is 497 g/mol. The molecule has 0 unspecified atom stereocenters. The summed E-state index contributed by atoms with van der Waals surface area (Å²) in [5.41, 5.74) is 3.26. The maximum atomic E-state index is 13.4. The van der Waals surface area contributed by atoms with Crippen molar-refractivity contribution < 1.29 is 18.3 Å². The van der Waals surface area contributed by atoms with Crippen molar-refractivity contribution in [1.82, 2.24) is 14.1 Å². The zero-order valence-corrected chi connectivity index (χ0v) is 20.4. The lowest BCUT2D eigenvalue weighted by atomic mass is 10.2. The molecule has 0 saturated heterocycles. The summed E-state index contributed by atoms with van der Waals surface area (Å²) < 4.78 is 33.0. The van der Waals surface area contributed by atoms with Crippen molar-refractivity contribution in [3.8, 4) is 11.4 Å². The molecule has 0 aliphatic heterocycles. The Morgan fingerprint density at radius 2 is 1.83 bits per heavy atom. The number of hydrogen-bond acceptors (Lipinski definition) is 5. The summed E-state index contributed by atoms with van der Waals surface area (Å²) in [5, 5.41) is 0.756. The van der Waals surface area contributed by atoms with Crippen LogP contribution in [0.3, 0.4) is 0 Å². The summed E-state index contributed by atoms with van der Waals surface area (Å²) in [4.78, 5) is 31.1. The smallest absolute Gasteiger partial charge is 0.387 e. The van der Waals surface area contributed by atoms with Crippen molar-refractivity contribution in [3.63, 3.8) is 0 Å². The third-order valence-corrected chi connectivity index (χ3v) is 6.66. The van der Waals surface area contributed by atoms with E-state index in [2.05, 4.69) is 21.2 Å². The number of halogens is 2. The molecule has 0 fully saturated rings. The predicted molar refractivity (Wildman–Crippen MR) is 133 cm³/mol. The van der Waals surface area contributed by atoms with E-state index >= 15 is 0 Å². The number of Topliss-reactive ketones (excluding diaryl/α,β-unsaturated/α-hetero) is 1. The van der Waals surface area contributed by atoms with Crippen molar-refractivity contribution in [2.75, 3.05) is 5.75 Å². The first kappa shape index (κ1) is 24.7. The van der Waals surface area contributed by atoms with Crippen molar-refractivity contribution in [2.45, 2.75) is 45.5 Å². The molecule has 0 amide bonds. The van der Waals surface area contributed by atoms with E-state index in [4.69, 9.17) is 0 Å². The molecule has 0 saturated carbocycles. The number of benzene rings is 2.